The number of nitrogens with zero attached hydrogens (tertiary/aromatic N) is 4. The van der Waals surface area contributed by atoms with Gasteiger partial charge in [0.15, 0.2) is 5.96 Å². The molecular weight excluding hydrogens is 314 g/mol. The Hall–Kier alpha value is -2.57. The summed E-state index contributed by atoms with van der Waals surface area (Å²) in [5.74, 6) is 1.86. The SMILES string of the molecule is CCNC(=NCCCNc1ccccc1)NCCn1cnnc1CC. The fourth-order valence-corrected chi connectivity index (χ4v) is 2.43. The summed E-state index contributed by atoms with van der Waals surface area (Å²) in [6.45, 7) is 8.32. The molecule has 0 saturated heterocycles. The number of rotatable bonds is 10. The molecule has 1 aromatic heterocycles. The van der Waals surface area contributed by atoms with Gasteiger partial charge >= 0.3 is 0 Å². The van der Waals surface area contributed by atoms with Gasteiger partial charge in [-0.25, -0.2) is 0 Å². The highest BCUT2D eigenvalue weighted by Crippen LogP contribution is 2.04. The third kappa shape index (κ3) is 6.82. The molecule has 0 atom stereocenters. The molecule has 0 fully saturated rings. The van der Waals surface area contributed by atoms with Crippen molar-refractivity contribution in [1.82, 2.24) is 25.4 Å². The smallest absolute Gasteiger partial charge is 0.191 e. The van der Waals surface area contributed by atoms with E-state index in [4.69, 9.17) is 0 Å². The minimum atomic E-state index is 0.780. The maximum Gasteiger partial charge on any atom is 0.191 e. The number of hydrogen-bond acceptors (Lipinski definition) is 4. The molecule has 7 heteroatoms. The summed E-state index contributed by atoms with van der Waals surface area (Å²) in [5, 5.41) is 18.1. The summed E-state index contributed by atoms with van der Waals surface area (Å²) < 4.78 is 2.07. The Morgan fingerprint density at radius 3 is 2.72 bits per heavy atom. The van der Waals surface area contributed by atoms with E-state index in [0.29, 0.717) is 0 Å². The van der Waals surface area contributed by atoms with Gasteiger partial charge in [-0.15, -0.1) is 10.2 Å². The van der Waals surface area contributed by atoms with Gasteiger partial charge in [-0.3, -0.25) is 4.99 Å². The molecule has 136 valence electrons. The summed E-state index contributed by atoms with van der Waals surface area (Å²) in [7, 11) is 0. The Morgan fingerprint density at radius 1 is 1.12 bits per heavy atom. The first kappa shape index (κ1) is 18.8. The molecular formula is C18H29N7. The first-order valence-corrected chi connectivity index (χ1v) is 9.01. The number of anilines is 1. The third-order valence-corrected chi connectivity index (χ3v) is 3.71. The van der Waals surface area contributed by atoms with Crippen molar-refractivity contribution in [2.24, 2.45) is 4.99 Å². The molecule has 1 heterocycles. The fourth-order valence-electron chi connectivity index (χ4n) is 2.43. The monoisotopic (exact) mass is 343 g/mol. The number of aliphatic imine (C=N–C) groups is 1. The second kappa shape index (κ2) is 11.1. The van der Waals surface area contributed by atoms with E-state index in [1.807, 2.05) is 18.2 Å². The Labute approximate surface area is 150 Å². The van der Waals surface area contributed by atoms with Crippen molar-refractivity contribution in [3.8, 4) is 0 Å². The lowest BCUT2D eigenvalue weighted by Crippen LogP contribution is -2.39. The molecule has 0 unspecified atom stereocenters. The van der Waals surface area contributed by atoms with Crippen LogP contribution in [-0.4, -0.2) is 46.9 Å². The van der Waals surface area contributed by atoms with E-state index in [2.05, 4.69) is 61.7 Å². The summed E-state index contributed by atoms with van der Waals surface area (Å²) in [5.41, 5.74) is 1.15. The van der Waals surface area contributed by atoms with Gasteiger partial charge in [0, 0.05) is 44.8 Å². The van der Waals surface area contributed by atoms with E-state index in [0.717, 1.165) is 63.0 Å². The Balaban J connectivity index is 1.68. The number of aryl methyl sites for hydroxylation is 1. The van der Waals surface area contributed by atoms with Crippen LogP contribution in [-0.2, 0) is 13.0 Å². The fraction of sp³-hybridized carbons (Fsp3) is 0.500. The van der Waals surface area contributed by atoms with E-state index >= 15 is 0 Å². The lowest BCUT2D eigenvalue weighted by molar-refractivity contribution is 0.632. The lowest BCUT2D eigenvalue weighted by atomic mass is 10.3. The van der Waals surface area contributed by atoms with Gasteiger partial charge in [0.05, 0.1) is 0 Å². The maximum atomic E-state index is 4.62. The molecule has 0 bridgehead atoms. The molecule has 0 saturated carbocycles. The van der Waals surface area contributed by atoms with Crippen molar-refractivity contribution < 1.29 is 0 Å². The highest BCUT2D eigenvalue weighted by molar-refractivity contribution is 5.79. The maximum absolute atomic E-state index is 4.62. The van der Waals surface area contributed by atoms with Gasteiger partial charge < -0.3 is 20.5 Å². The van der Waals surface area contributed by atoms with Crippen molar-refractivity contribution in [3.63, 3.8) is 0 Å². The minimum absolute atomic E-state index is 0.780. The number of nitrogens with one attached hydrogen (secondary N) is 3. The van der Waals surface area contributed by atoms with Crippen molar-refractivity contribution >= 4 is 11.6 Å². The zero-order valence-corrected chi connectivity index (χ0v) is 15.2. The van der Waals surface area contributed by atoms with E-state index in [1.165, 1.54) is 0 Å². The van der Waals surface area contributed by atoms with Crippen LogP contribution in [0.3, 0.4) is 0 Å². The highest BCUT2D eigenvalue weighted by Gasteiger charge is 2.02. The third-order valence-electron chi connectivity index (χ3n) is 3.71. The van der Waals surface area contributed by atoms with Gasteiger partial charge in [0.2, 0.25) is 0 Å². The average molecular weight is 343 g/mol. The number of aromatic nitrogens is 3. The number of hydrogen-bond donors (Lipinski definition) is 3. The van der Waals surface area contributed by atoms with Crippen molar-refractivity contribution in [2.75, 3.05) is 31.5 Å². The van der Waals surface area contributed by atoms with Crippen LogP contribution in [0.1, 0.15) is 26.1 Å². The molecule has 0 radical (unpaired) electrons. The van der Waals surface area contributed by atoms with E-state index in [1.54, 1.807) is 6.33 Å². The first-order valence-electron chi connectivity index (χ1n) is 9.01. The second-order valence-corrected chi connectivity index (χ2v) is 5.63. The quantitative estimate of drug-likeness (QED) is 0.349. The second-order valence-electron chi connectivity index (χ2n) is 5.63. The van der Waals surface area contributed by atoms with Crippen molar-refractivity contribution in [2.45, 2.75) is 33.2 Å². The Bertz CT molecular complexity index is 621. The predicted octanol–water partition coefficient (Wildman–Crippen LogP) is 1.90. The van der Waals surface area contributed by atoms with Gasteiger partial charge in [0.25, 0.3) is 0 Å². The summed E-state index contributed by atoms with van der Waals surface area (Å²) in [4.78, 5) is 4.62. The molecule has 1 aromatic carbocycles. The normalized spacial score (nSPS) is 11.4. The summed E-state index contributed by atoms with van der Waals surface area (Å²) >= 11 is 0. The van der Waals surface area contributed by atoms with Crippen LogP contribution in [0, 0.1) is 0 Å². The predicted molar refractivity (Wildman–Crippen MR) is 103 cm³/mol. The van der Waals surface area contributed by atoms with Crippen molar-refractivity contribution in [1.29, 1.82) is 0 Å². The largest absolute Gasteiger partial charge is 0.385 e. The molecule has 0 amide bonds. The van der Waals surface area contributed by atoms with Gasteiger partial charge in [-0.1, -0.05) is 25.1 Å². The van der Waals surface area contributed by atoms with E-state index < -0.39 is 0 Å². The molecule has 0 aliphatic rings. The van der Waals surface area contributed by atoms with E-state index in [-0.39, 0.29) is 0 Å². The topological polar surface area (TPSA) is 79.2 Å². The summed E-state index contributed by atoms with van der Waals surface area (Å²) in [6, 6.07) is 10.2. The molecule has 25 heavy (non-hydrogen) atoms. The standard InChI is InChI=1S/C18H29N7/c1-3-17-24-23-15-25(17)14-13-22-18(19-4-2)21-12-8-11-20-16-9-6-5-7-10-16/h5-7,9-10,15,20H,3-4,8,11-14H2,1-2H3,(H2,19,21,22). The Kier molecular flexibility index (Phi) is 8.31. The van der Waals surface area contributed by atoms with Crippen LogP contribution in [0.5, 0.6) is 0 Å². The van der Waals surface area contributed by atoms with Gasteiger partial charge in [-0.2, -0.15) is 0 Å². The zero-order valence-electron chi connectivity index (χ0n) is 15.2. The lowest BCUT2D eigenvalue weighted by Gasteiger charge is -2.12. The molecule has 3 N–H and O–H groups in total. The molecule has 0 spiro atoms. The number of para-hydroxylation sites is 1. The molecule has 2 rings (SSSR count). The molecule has 7 nitrogen and oxygen atoms in total. The number of benzene rings is 1. The van der Waals surface area contributed by atoms with Crippen LogP contribution in [0.4, 0.5) is 5.69 Å². The van der Waals surface area contributed by atoms with Crippen LogP contribution in [0.15, 0.2) is 41.7 Å². The highest BCUT2D eigenvalue weighted by atomic mass is 15.3. The number of guanidine groups is 1. The van der Waals surface area contributed by atoms with E-state index in [9.17, 15) is 0 Å². The average Bonchev–Trinajstić information content (AvgIpc) is 3.10. The van der Waals surface area contributed by atoms with Crippen LogP contribution in [0.25, 0.3) is 0 Å². The molecule has 0 aliphatic heterocycles. The first-order chi connectivity index (χ1) is 12.3. The van der Waals surface area contributed by atoms with Crippen LogP contribution < -0.4 is 16.0 Å². The van der Waals surface area contributed by atoms with Gasteiger partial charge in [-0.05, 0) is 25.5 Å². The van der Waals surface area contributed by atoms with Crippen LogP contribution >= 0.6 is 0 Å². The van der Waals surface area contributed by atoms with Crippen molar-refractivity contribution in [3.05, 3.63) is 42.5 Å². The minimum Gasteiger partial charge on any atom is -0.385 e. The summed E-state index contributed by atoms with van der Waals surface area (Å²) in [6.07, 6.45) is 3.65. The Morgan fingerprint density at radius 2 is 1.96 bits per heavy atom. The molecule has 0 aliphatic carbocycles. The van der Waals surface area contributed by atoms with Crippen LogP contribution in [0.2, 0.25) is 0 Å². The molecule has 2 aromatic rings. The van der Waals surface area contributed by atoms with Gasteiger partial charge in [0.1, 0.15) is 12.2 Å². The zero-order chi connectivity index (χ0) is 17.7.